The molecule has 1 amide bonds. The summed E-state index contributed by atoms with van der Waals surface area (Å²) in [4.78, 5) is 23.6. The third kappa shape index (κ3) is 3.93. The summed E-state index contributed by atoms with van der Waals surface area (Å²) in [5.74, 6) is 0.338. The summed E-state index contributed by atoms with van der Waals surface area (Å²) in [6.07, 6.45) is 7.60. The van der Waals surface area contributed by atoms with Crippen LogP contribution in [0.15, 0.2) is 29.2 Å². The van der Waals surface area contributed by atoms with E-state index < -0.39 is 0 Å². The van der Waals surface area contributed by atoms with Crippen molar-refractivity contribution in [3.63, 3.8) is 0 Å². The molecule has 3 N–H and O–H groups in total. The van der Waals surface area contributed by atoms with Gasteiger partial charge in [0.05, 0.1) is 0 Å². The Labute approximate surface area is 119 Å². The van der Waals surface area contributed by atoms with Crippen molar-refractivity contribution in [2.24, 2.45) is 11.7 Å². The average Bonchev–Trinajstić information content (AvgIpc) is 2.48. The molecule has 0 aromatic carbocycles. The average molecular weight is 277 g/mol. The van der Waals surface area contributed by atoms with Crippen molar-refractivity contribution < 1.29 is 4.79 Å². The van der Waals surface area contributed by atoms with E-state index in [4.69, 9.17) is 5.73 Å². The molecule has 1 fully saturated rings. The number of carbonyl (C=O) groups excluding carboxylic acids is 1. The van der Waals surface area contributed by atoms with Crippen molar-refractivity contribution in [3.05, 3.63) is 34.7 Å². The van der Waals surface area contributed by atoms with Crippen LogP contribution in [0.3, 0.4) is 0 Å². The van der Waals surface area contributed by atoms with Crippen LogP contribution in [0.25, 0.3) is 0 Å². The number of aromatic nitrogens is 1. The molecule has 1 aliphatic rings. The molecule has 5 nitrogen and oxygen atoms in total. The van der Waals surface area contributed by atoms with Gasteiger partial charge in [-0.2, -0.15) is 0 Å². The minimum atomic E-state index is -0.162. The number of hydrogen-bond donors (Lipinski definition) is 2. The molecular formula is C15H23N3O2. The number of nitrogens with two attached hydrogens (primary N) is 1. The van der Waals surface area contributed by atoms with Crippen LogP contribution < -0.4 is 16.6 Å². The number of carbonyl (C=O) groups is 1. The van der Waals surface area contributed by atoms with Crippen LogP contribution in [-0.4, -0.2) is 23.1 Å². The first-order chi connectivity index (χ1) is 9.70. The number of nitrogens with one attached hydrogen (secondary N) is 1. The van der Waals surface area contributed by atoms with Crippen molar-refractivity contribution in [1.29, 1.82) is 0 Å². The fraction of sp³-hybridized carbons (Fsp3) is 0.600. The van der Waals surface area contributed by atoms with Gasteiger partial charge in [-0.1, -0.05) is 25.3 Å². The molecule has 0 radical (unpaired) electrons. The minimum Gasteiger partial charge on any atom is -0.350 e. The van der Waals surface area contributed by atoms with Gasteiger partial charge in [-0.25, -0.2) is 0 Å². The lowest BCUT2D eigenvalue weighted by atomic mass is 9.84. The smallest absolute Gasteiger partial charge is 0.250 e. The minimum absolute atomic E-state index is 0.0298. The maximum absolute atomic E-state index is 12.1. The molecule has 1 atom stereocenters. The van der Waals surface area contributed by atoms with Crippen LogP contribution in [0.4, 0.5) is 0 Å². The van der Waals surface area contributed by atoms with Crippen LogP contribution >= 0.6 is 0 Å². The Balaban J connectivity index is 1.92. The summed E-state index contributed by atoms with van der Waals surface area (Å²) in [5, 5.41) is 2.99. The van der Waals surface area contributed by atoms with Gasteiger partial charge >= 0.3 is 0 Å². The summed E-state index contributed by atoms with van der Waals surface area (Å²) in [6, 6.07) is 4.90. The van der Waals surface area contributed by atoms with E-state index in [-0.39, 0.29) is 24.1 Å². The Kier molecular flexibility index (Phi) is 5.35. The maximum Gasteiger partial charge on any atom is 0.250 e. The number of rotatable bonds is 5. The lowest BCUT2D eigenvalue weighted by Gasteiger charge is -2.30. The van der Waals surface area contributed by atoms with Gasteiger partial charge in [0.25, 0.3) is 5.56 Å². The highest BCUT2D eigenvalue weighted by molar-refractivity contribution is 5.76. The summed E-state index contributed by atoms with van der Waals surface area (Å²) in [6.45, 7) is 0.517. The van der Waals surface area contributed by atoms with E-state index in [1.165, 1.54) is 29.9 Å². The zero-order chi connectivity index (χ0) is 14.4. The molecule has 1 aromatic heterocycles. The van der Waals surface area contributed by atoms with E-state index in [2.05, 4.69) is 5.32 Å². The van der Waals surface area contributed by atoms with Gasteiger partial charge in [0.15, 0.2) is 0 Å². The fourth-order valence-electron chi connectivity index (χ4n) is 2.90. The van der Waals surface area contributed by atoms with E-state index in [1.807, 2.05) is 0 Å². The van der Waals surface area contributed by atoms with E-state index in [9.17, 15) is 9.59 Å². The molecule has 1 aliphatic carbocycles. The lowest BCUT2D eigenvalue weighted by molar-refractivity contribution is -0.122. The van der Waals surface area contributed by atoms with Gasteiger partial charge in [-0.05, 0) is 24.8 Å². The van der Waals surface area contributed by atoms with Crippen molar-refractivity contribution in [2.45, 2.75) is 44.7 Å². The first kappa shape index (κ1) is 14.8. The monoisotopic (exact) mass is 277 g/mol. The summed E-state index contributed by atoms with van der Waals surface area (Å²) >= 11 is 0. The van der Waals surface area contributed by atoms with Crippen LogP contribution in [0, 0.1) is 5.92 Å². The number of nitrogens with zero attached hydrogens (tertiary/aromatic N) is 1. The highest BCUT2D eigenvalue weighted by Crippen LogP contribution is 2.26. The summed E-state index contributed by atoms with van der Waals surface area (Å²) < 4.78 is 1.41. The molecule has 0 bridgehead atoms. The molecule has 0 spiro atoms. The highest BCUT2D eigenvalue weighted by atomic mass is 16.2. The second-order valence-electron chi connectivity index (χ2n) is 5.47. The predicted octanol–water partition coefficient (Wildman–Crippen LogP) is 0.872. The quantitative estimate of drug-likeness (QED) is 0.838. The topological polar surface area (TPSA) is 77.1 Å². The van der Waals surface area contributed by atoms with Gasteiger partial charge in [-0.3, -0.25) is 9.59 Å². The van der Waals surface area contributed by atoms with Crippen LogP contribution in [0.1, 0.15) is 32.1 Å². The molecular weight excluding hydrogens is 254 g/mol. The first-order valence-corrected chi connectivity index (χ1v) is 7.35. The second-order valence-corrected chi connectivity index (χ2v) is 5.47. The van der Waals surface area contributed by atoms with Crippen LogP contribution in [0.2, 0.25) is 0 Å². The van der Waals surface area contributed by atoms with E-state index in [0.717, 1.165) is 12.8 Å². The fourth-order valence-corrected chi connectivity index (χ4v) is 2.90. The molecule has 1 unspecified atom stereocenters. The Morgan fingerprint density at radius 1 is 1.35 bits per heavy atom. The number of hydrogen-bond acceptors (Lipinski definition) is 3. The van der Waals surface area contributed by atoms with Gasteiger partial charge in [0, 0.05) is 24.8 Å². The molecule has 5 heteroatoms. The molecule has 20 heavy (non-hydrogen) atoms. The largest absolute Gasteiger partial charge is 0.350 e. The molecule has 1 heterocycles. The van der Waals surface area contributed by atoms with Gasteiger partial charge in [0.2, 0.25) is 5.91 Å². The zero-order valence-corrected chi connectivity index (χ0v) is 11.8. The van der Waals surface area contributed by atoms with Gasteiger partial charge in [-0.15, -0.1) is 0 Å². The first-order valence-electron chi connectivity index (χ1n) is 7.35. The Morgan fingerprint density at radius 3 is 2.75 bits per heavy atom. The SMILES string of the molecule is NCC(NC(=O)Cn1ccccc1=O)C1CCCCC1. The zero-order valence-electron chi connectivity index (χ0n) is 11.8. The van der Waals surface area contributed by atoms with Crippen molar-refractivity contribution in [3.8, 4) is 0 Å². The van der Waals surface area contributed by atoms with E-state index in [1.54, 1.807) is 18.3 Å². The van der Waals surface area contributed by atoms with E-state index in [0.29, 0.717) is 12.5 Å². The molecule has 1 saturated carbocycles. The van der Waals surface area contributed by atoms with Crippen molar-refractivity contribution in [2.75, 3.05) is 6.54 Å². The molecule has 0 aliphatic heterocycles. The predicted molar refractivity (Wildman–Crippen MR) is 78.3 cm³/mol. The standard InChI is InChI=1S/C15H23N3O2/c16-10-13(12-6-2-1-3-7-12)17-14(19)11-18-9-5-4-8-15(18)20/h4-5,8-9,12-13H,1-3,6-7,10-11,16H2,(H,17,19). The summed E-state index contributed by atoms with van der Waals surface area (Å²) in [7, 11) is 0. The molecule has 0 saturated heterocycles. The summed E-state index contributed by atoms with van der Waals surface area (Å²) in [5.41, 5.74) is 5.63. The number of pyridine rings is 1. The Hall–Kier alpha value is -1.62. The Bertz CT molecular complexity index is 492. The Morgan fingerprint density at radius 2 is 2.10 bits per heavy atom. The highest BCUT2D eigenvalue weighted by Gasteiger charge is 2.23. The van der Waals surface area contributed by atoms with Gasteiger partial charge in [0.1, 0.15) is 6.54 Å². The van der Waals surface area contributed by atoms with E-state index >= 15 is 0 Å². The van der Waals surface area contributed by atoms with Crippen molar-refractivity contribution in [1.82, 2.24) is 9.88 Å². The normalized spacial score (nSPS) is 17.6. The number of amides is 1. The lowest BCUT2D eigenvalue weighted by Crippen LogP contribution is -2.47. The van der Waals surface area contributed by atoms with Crippen LogP contribution in [-0.2, 0) is 11.3 Å². The third-order valence-corrected chi connectivity index (χ3v) is 4.03. The second kappa shape index (κ2) is 7.24. The van der Waals surface area contributed by atoms with Crippen molar-refractivity contribution >= 4 is 5.91 Å². The maximum atomic E-state index is 12.1. The molecule has 1 aromatic rings. The van der Waals surface area contributed by atoms with Crippen LogP contribution in [0.5, 0.6) is 0 Å². The third-order valence-electron chi connectivity index (χ3n) is 4.03. The molecule has 110 valence electrons. The van der Waals surface area contributed by atoms with Gasteiger partial charge < -0.3 is 15.6 Å². The molecule has 2 rings (SSSR count).